The predicted octanol–water partition coefficient (Wildman–Crippen LogP) is 1.00. The third kappa shape index (κ3) is 6.32. The number of hydrogen-bond donors (Lipinski definition) is 4. The molecule has 4 aliphatic heterocycles. The van der Waals surface area contributed by atoms with Crippen LogP contribution in [-0.2, 0) is 23.9 Å². The number of aliphatic hydroxyl groups excluding tert-OH is 2. The number of ether oxygens (including phenoxy) is 2. The van der Waals surface area contributed by atoms with E-state index in [1.165, 1.54) is 0 Å². The van der Waals surface area contributed by atoms with Crippen molar-refractivity contribution in [3.05, 3.63) is 11.6 Å². The van der Waals surface area contributed by atoms with Crippen molar-refractivity contribution in [3.8, 4) is 0 Å². The molecule has 0 aromatic carbocycles. The fraction of sp³-hybridized carbons (Fsp3) is 0.735. The van der Waals surface area contributed by atoms with Gasteiger partial charge in [-0.1, -0.05) is 13.8 Å². The van der Waals surface area contributed by atoms with Gasteiger partial charge in [0.2, 0.25) is 0 Å². The van der Waals surface area contributed by atoms with Crippen LogP contribution in [-0.4, -0.2) is 121 Å². The molecule has 256 valence electrons. The van der Waals surface area contributed by atoms with Crippen molar-refractivity contribution in [1.82, 2.24) is 10.6 Å². The first kappa shape index (κ1) is 33.9. The number of esters is 1. The number of fused-ring (bicyclic) bond motifs is 1. The Kier molecular flexibility index (Phi) is 9.49. The summed E-state index contributed by atoms with van der Waals surface area (Å²) >= 11 is 0. The first-order valence-electron chi connectivity index (χ1n) is 16.9. The average molecular weight is 653 g/mol. The molecule has 7 unspecified atom stereocenters. The zero-order chi connectivity index (χ0) is 33.6. The first-order chi connectivity index (χ1) is 22.4. The van der Waals surface area contributed by atoms with E-state index in [0.29, 0.717) is 62.6 Å². The van der Waals surface area contributed by atoms with Gasteiger partial charge in [0, 0.05) is 29.9 Å². The van der Waals surface area contributed by atoms with E-state index in [-0.39, 0.29) is 55.5 Å². The number of ketones is 2. The maximum absolute atomic E-state index is 13.3. The van der Waals surface area contributed by atoms with Crippen molar-refractivity contribution in [2.24, 2.45) is 42.6 Å². The van der Waals surface area contributed by atoms with Gasteiger partial charge < -0.3 is 30.3 Å². The van der Waals surface area contributed by atoms with Crippen LogP contribution in [0.2, 0.25) is 0 Å². The lowest BCUT2D eigenvalue weighted by molar-refractivity contribution is -0.185. The Labute approximate surface area is 275 Å². The van der Waals surface area contributed by atoms with Crippen molar-refractivity contribution in [1.29, 1.82) is 0 Å². The normalized spacial score (nSPS) is 37.6. The summed E-state index contributed by atoms with van der Waals surface area (Å²) in [5.41, 5.74) is -1.35. The summed E-state index contributed by atoms with van der Waals surface area (Å²) < 4.78 is 11.8. The number of carbonyl (C=O) groups excluding carboxylic acids is 3. The lowest BCUT2D eigenvalue weighted by Gasteiger charge is -2.63. The Balaban J connectivity index is 1.31. The number of carbonyl (C=O) groups is 3. The van der Waals surface area contributed by atoms with Gasteiger partial charge >= 0.3 is 5.97 Å². The number of nitrogens with zero attached hydrogens (tertiary/aromatic N) is 4. The van der Waals surface area contributed by atoms with E-state index in [9.17, 15) is 24.6 Å². The minimum absolute atomic E-state index is 0.0287. The number of aliphatic imine (C=N–C) groups is 4. The highest BCUT2D eigenvalue weighted by molar-refractivity contribution is 6.08. The maximum atomic E-state index is 13.3. The van der Waals surface area contributed by atoms with Gasteiger partial charge in [0.25, 0.3) is 0 Å². The van der Waals surface area contributed by atoms with Gasteiger partial charge in [0.15, 0.2) is 11.6 Å². The summed E-state index contributed by atoms with van der Waals surface area (Å²) in [5, 5.41) is 29.1. The molecule has 0 amide bonds. The highest BCUT2D eigenvalue weighted by Gasteiger charge is 2.71. The van der Waals surface area contributed by atoms with Crippen molar-refractivity contribution >= 4 is 41.6 Å². The fourth-order valence-corrected chi connectivity index (χ4v) is 8.96. The molecule has 47 heavy (non-hydrogen) atoms. The summed E-state index contributed by atoms with van der Waals surface area (Å²) in [5.74, 6) is 0.213. The molecule has 0 bridgehead atoms. The van der Waals surface area contributed by atoms with Gasteiger partial charge in [-0.05, 0) is 62.9 Å². The molecule has 4 N–H and O–H groups in total. The summed E-state index contributed by atoms with van der Waals surface area (Å²) in [4.78, 5) is 56.6. The number of amidine groups is 2. The van der Waals surface area contributed by atoms with E-state index >= 15 is 0 Å². The van der Waals surface area contributed by atoms with Crippen molar-refractivity contribution in [2.75, 3.05) is 32.9 Å². The molecule has 6 aliphatic rings. The molecular formula is C34H48N6O7. The Morgan fingerprint density at radius 3 is 2.23 bits per heavy atom. The van der Waals surface area contributed by atoms with Gasteiger partial charge in [-0.25, -0.2) is 14.8 Å². The third-order valence-corrected chi connectivity index (χ3v) is 11.9. The van der Waals surface area contributed by atoms with Gasteiger partial charge in [-0.3, -0.25) is 19.6 Å². The Hall–Kier alpha value is -2.97. The molecule has 13 heteroatoms. The fourth-order valence-electron chi connectivity index (χ4n) is 8.96. The van der Waals surface area contributed by atoms with E-state index in [1.54, 1.807) is 25.4 Å². The molecule has 1 spiro atoms. The maximum Gasteiger partial charge on any atom is 0.335 e. The van der Waals surface area contributed by atoms with Crippen molar-refractivity contribution in [3.63, 3.8) is 0 Å². The molecule has 0 radical (unpaired) electrons. The SMILES string of the molecule is CC(NC(CC1C2(CO2)C(NC(C)C(=O)CC2=NCC=N2)CC2[C@]1(C)CC[C@@H](O)[C@@]2(C)CO)C1=CCOC1=O)C(=O)CC1=NCC=N1. The largest absolute Gasteiger partial charge is 0.458 e. The van der Waals surface area contributed by atoms with E-state index in [0.717, 1.165) is 0 Å². The van der Waals surface area contributed by atoms with Crippen LogP contribution < -0.4 is 10.6 Å². The predicted molar refractivity (Wildman–Crippen MR) is 176 cm³/mol. The molecule has 3 fully saturated rings. The summed E-state index contributed by atoms with van der Waals surface area (Å²) in [6.07, 6.45) is 6.95. The van der Waals surface area contributed by atoms with Gasteiger partial charge in [-0.15, -0.1) is 0 Å². The lowest BCUT2D eigenvalue weighted by atomic mass is 9.43. The number of Topliss-reactive ketones (excluding diaryl/α,β-unsaturated/α-hetero) is 2. The monoisotopic (exact) mass is 652 g/mol. The van der Waals surface area contributed by atoms with Crippen LogP contribution in [0.25, 0.3) is 0 Å². The Morgan fingerprint density at radius 2 is 1.70 bits per heavy atom. The smallest absolute Gasteiger partial charge is 0.335 e. The van der Waals surface area contributed by atoms with Crippen LogP contribution in [0.4, 0.5) is 0 Å². The zero-order valence-corrected chi connectivity index (χ0v) is 27.8. The molecule has 13 nitrogen and oxygen atoms in total. The Morgan fingerprint density at radius 1 is 1.06 bits per heavy atom. The number of hydrogen-bond acceptors (Lipinski definition) is 13. The summed E-state index contributed by atoms with van der Waals surface area (Å²) in [6.45, 7) is 9.21. The molecule has 4 heterocycles. The standard InChI is InChI=1S/C34H48N6O7/c1-19(23(42)14-29-35-8-9-36-29)39-22(21-6-12-46-31(21)45)13-26-32(3)7-5-28(44)33(4,17-41)25(32)16-27(34(26)18-47-34)40-20(2)24(43)15-30-37-10-11-38-30/h6,8,10,19-20,22,25-28,39-41,44H,5,7,9,11-18H2,1-4H3/t19?,20?,22?,25?,26?,27?,28-,32+,33+,34?/m1/s1. The van der Waals surface area contributed by atoms with Crippen molar-refractivity contribution in [2.45, 2.75) is 102 Å². The second kappa shape index (κ2) is 13.1. The zero-order valence-electron chi connectivity index (χ0n) is 27.8. The number of rotatable bonds is 14. The van der Waals surface area contributed by atoms with Gasteiger partial charge in [0.05, 0.1) is 62.9 Å². The molecular weight excluding hydrogens is 604 g/mol. The highest BCUT2D eigenvalue weighted by Crippen LogP contribution is 2.66. The second-order valence-corrected chi connectivity index (χ2v) is 14.6. The highest BCUT2D eigenvalue weighted by atomic mass is 16.6. The van der Waals surface area contributed by atoms with E-state index < -0.39 is 46.6 Å². The van der Waals surface area contributed by atoms with Crippen LogP contribution in [0.1, 0.15) is 66.2 Å². The molecule has 0 aromatic rings. The minimum atomic E-state index is -0.789. The van der Waals surface area contributed by atoms with Crippen LogP contribution in [0, 0.1) is 22.7 Å². The lowest BCUT2D eigenvalue weighted by Crippen LogP contribution is -2.68. The first-order valence-corrected chi connectivity index (χ1v) is 16.9. The molecule has 1 saturated heterocycles. The molecule has 10 atom stereocenters. The average Bonchev–Trinajstić information content (AvgIpc) is 3.41. The van der Waals surface area contributed by atoms with Gasteiger partial charge in [-0.2, -0.15) is 0 Å². The number of nitrogens with one attached hydrogen (secondary N) is 2. The van der Waals surface area contributed by atoms with E-state index in [2.05, 4.69) is 37.5 Å². The van der Waals surface area contributed by atoms with Crippen LogP contribution >= 0.6 is 0 Å². The van der Waals surface area contributed by atoms with Crippen LogP contribution in [0.15, 0.2) is 31.6 Å². The summed E-state index contributed by atoms with van der Waals surface area (Å²) in [6, 6.07) is -1.90. The second-order valence-electron chi connectivity index (χ2n) is 14.6. The number of aliphatic hydroxyl groups is 2. The minimum Gasteiger partial charge on any atom is -0.458 e. The van der Waals surface area contributed by atoms with Gasteiger partial charge in [0.1, 0.15) is 23.9 Å². The summed E-state index contributed by atoms with van der Waals surface area (Å²) in [7, 11) is 0. The van der Waals surface area contributed by atoms with Crippen LogP contribution in [0.3, 0.4) is 0 Å². The van der Waals surface area contributed by atoms with Crippen molar-refractivity contribution < 1.29 is 34.1 Å². The van der Waals surface area contributed by atoms with E-state index in [4.69, 9.17) is 9.47 Å². The number of epoxide rings is 1. The molecule has 6 rings (SSSR count). The molecule has 2 aliphatic carbocycles. The number of cyclic esters (lactones) is 1. The van der Waals surface area contributed by atoms with E-state index in [1.807, 2.05) is 13.8 Å². The molecule has 0 aromatic heterocycles. The topological polar surface area (TPSA) is 187 Å². The Bertz CT molecular complexity index is 1440. The third-order valence-electron chi connectivity index (χ3n) is 11.9. The van der Waals surface area contributed by atoms with Crippen LogP contribution in [0.5, 0.6) is 0 Å². The quantitative estimate of drug-likeness (QED) is 0.157. The molecule has 2 saturated carbocycles.